The lowest BCUT2D eigenvalue weighted by Crippen LogP contribution is -2.24. The fourth-order valence-corrected chi connectivity index (χ4v) is 3.20. The Balaban J connectivity index is 4.12. The molecule has 1 unspecified atom stereocenters. The number of hydrogen-bond donors (Lipinski definition) is 0. The fraction of sp³-hybridized carbons (Fsp3) is 0.917. The van der Waals surface area contributed by atoms with E-state index in [-0.39, 0.29) is 24.6 Å². The van der Waals surface area contributed by atoms with Crippen LogP contribution < -0.4 is 0 Å². The first-order valence-electron chi connectivity index (χ1n) is 12.0. The van der Waals surface area contributed by atoms with Crippen LogP contribution in [0.4, 0.5) is 4.79 Å². The van der Waals surface area contributed by atoms with Gasteiger partial charge in [0.1, 0.15) is 12.7 Å². The predicted octanol–water partition coefficient (Wildman–Crippen LogP) is 6.11. The highest BCUT2D eigenvalue weighted by Gasteiger charge is 2.18. The summed E-state index contributed by atoms with van der Waals surface area (Å²) in [4.78, 5) is 25.7. The second-order valence-electron chi connectivity index (χ2n) is 8.69. The quantitative estimate of drug-likeness (QED) is 0.182. The lowest BCUT2D eigenvalue weighted by atomic mass is 10.0. The molecule has 0 aliphatic carbocycles. The van der Waals surface area contributed by atoms with E-state index < -0.39 is 6.16 Å². The Morgan fingerprint density at radius 2 is 1.37 bits per heavy atom. The summed E-state index contributed by atoms with van der Waals surface area (Å²) < 4.78 is 15.8. The summed E-state index contributed by atoms with van der Waals surface area (Å²) in [5, 5.41) is 0. The molecule has 0 aromatic heterocycles. The third-order valence-corrected chi connectivity index (χ3v) is 4.94. The maximum Gasteiger partial charge on any atom is 0.508 e. The molecular weight excluding hydrogens is 382 g/mol. The van der Waals surface area contributed by atoms with Crippen molar-refractivity contribution in [3.05, 3.63) is 0 Å². The van der Waals surface area contributed by atoms with E-state index in [1.807, 2.05) is 32.8 Å². The van der Waals surface area contributed by atoms with E-state index in [4.69, 9.17) is 14.2 Å². The van der Waals surface area contributed by atoms with E-state index in [9.17, 15) is 9.59 Å². The molecule has 178 valence electrons. The van der Waals surface area contributed by atoms with Crippen LogP contribution in [0.15, 0.2) is 0 Å². The summed E-state index contributed by atoms with van der Waals surface area (Å²) in [6.07, 6.45) is 13.0. The number of likely N-dealkylation sites (N-methyl/N-ethyl adjacent to an activating group) is 1. The highest BCUT2D eigenvalue weighted by atomic mass is 16.7. The minimum Gasteiger partial charge on any atom is -0.463 e. The number of rotatable bonds is 19. The minimum atomic E-state index is -0.647. The molecule has 0 rings (SSSR count). The molecule has 0 heterocycles. The Labute approximate surface area is 185 Å². The molecule has 0 aromatic rings. The van der Waals surface area contributed by atoms with Crippen LogP contribution in [0.3, 0.4) is 0 Å². The number of esters is 1. The van der Waals surface area contributed by atoms with Crippen molar-refractivity contribution in [2.75, 3.05) is 27.2 Å². The SMILES string of the molecule is CCCCCCCCCCCCC(CCC(=O)OC(C)C)OC(=O)OCCN(C)C. The second kappa shape index (κ2) is 19.7. The van der Waals surface area contributed by atoms with Crippen LogP contribution in [0, 0.1) is 0 Å². The maximum atomic E-state index is 12.0. The van der Waals surface area contributed by atoms with Crippen molar-refractivity contribution in [3.8, 4) is 0 Å². The Kier molecular flexibility index (Phi) is 18.8. The lowest BCUT2D eigenvalue weighted by Gasteiger charge is -2.18. The summed E-state index contributed by atoms with van der Waals surface area (Å²) in [5.41, 5.74) is 0. The molecule has 0 amide bonds. The van der Waals surface area contributed by atoms with Crippen molar-refractivity contribution in [1.29, 1.82) is 0 Å². The van der Waals surface area contributed by atoms with Gasteiger partial charge in [-0.3, -0.25) is 4.79 Å². The molecule has 0 aliphatic rings. The minimum absolute atomic E-state index is 0.130. The van der Waals surface area contributed by atoms with Gasteiger partial charge < -0.3 is 19.1 Å². The molecule has 0 radical (unpaired) electrons. The van der Waals surface area contributed by atoms with E-state index in [0.29, 0.717) is 19.6 Å². The summed E-state index contributed by atoms with van der Waals surface area (Å²) in [6, 6.07) is 0. The van der Waals surface area contributed by atoms with Crippen LogP contribution in [-0.4, -0.2) is 56.5 Å². The maximum absolute atomic E-state index is 12.0. The third kappa shape index (κ3) is 20.0. The van der Waals surface area contributed by atoms with Crippen molar-refractivity contribution in [3.63, 3.8) is 0 Å². The van der Waals surface area contributed by atoms with Crippen LogP contribution in [0.2, 0.25) is 0 Å². The van der Waals surface area contributed by atoms with Gasteiger partial charge in [0.25, 0.3) is 0 Å². The standard InChI is InChI=1S/C24H47NO5/c1-6-7-8-9-10-11-12-13-14-15-16-22(17-18-23(26)29-21(2)3)30-24(27)28-20-19-25(4)5/h21-22H,6-20H2,1-5H3. The van der Waals surface area contributed by atoms with E-state index in [1.54, 1.807) is 0 Å². The second-order valence-corrected chi connectivity index (χ2v) is 8.69. The summed E-state index contributed by atoms with van der Waals surface area (Å²) in [7, 11) is 3.84. The number of unbranched alkanes of at least 4 members (excludes halogenated alkanes) is 9. The van der Waals surface area contributed by atoms with Gasteiger partial charge in [-0.2, -0.15) is 0 Å². The van der Waals surface area contributed by atoms with Crippen LogP contribution in [0.25, 0.3) is 0 Å². The molecule has 0 saturated carbocycles. The van der Waals surface area contributed by atoms with Gasteiger partial charge in [0.15, 0.2) is 0 Å². The normalized spacial score (nSPS) is 12.2. The van der Waals surface area contributed by atoms with Crippen molar-refractivity contribution >= 4 is 12.1 Å². The molecule has 0 N–H and O–H groups in total. The number of ether oxygens (including phenoxy) is 3. The lowest BCUT2D eigenvalue weighted by molar-refractivity contribution is -0.148. The zero-order valence-corrected chi connectivity index (χ0v) is 20.2. The summed E-state index contributed by atoms with van der Waals surface area (Å²) in [5.74, 6) is -0.248. The Morgan fingerprint density at radius 1 is 0.800 bits per heavy atom. The summed E-state index contributed by atoms with van der Waals surface area (Å²) >= 11 is 0. The first kappa shape index (κ1) is 28.7. The van der Waals surface area contributed by atoms with Crippen LogP contribution >= 0.6 is 0 Å². The third-order valence-electron chi connectivity index (χ3n) is 4.94. The first-order valence-corrected chi connectivity index (χ1v) is 12.0. The van der Waals surface area contributed by atoms with Gasteiger partial charge in [-0.15, -0.1) is 0 Å². The zero-order chi connectivity index (χ0) is 22.6. The van der Waals surface area contributed by atoms with Crippen LogP contribution in [-0.2, 0) is 19.0 Å². The number of carbonyl (C=O) groups is 2. The molecule has 0 aliphatic heterocycles. The van der Waals surface area contributed by atoms with Crippen molar-refractivity contribution in [2.24, 2.45) is 0 Å². The highest BCUT2D eigenvalue weighted by Crippen LogP contribution is 2.16. The van der Waals surface area contributed by atoms with Crippen LogP contribution in [0.1, 0.15) is 104 Å². The zero-order valence-electron chi connectivity index (χ0n) is 20.2. The molecule has 0 bridgehead atoms. The predicted molar refractivity (Wildman–Crippen MR) is 122 cm³/mol. The molecule has 0 saturated heterocycles. The Hall–Kier alpha value is -1.30. The molecule has 1 atom stereocenters. The number of nitrogens with zero attached hydrogens (tertiary/aromatic N) is 1. The molecule has 6 nitrogen and oxygen atoms in total. The van der Waals surface area contributed by atoms with E-state index in [2.05, 4.69) is 6.92 Å². The Morgan fingerprint density at radius 3 is 1.90 bits per heavy atom. The van der Waals surface area contributed by atoms with Gasteiger partial charge in [-0.25, -0.2) is 4.79 Å². The molecule has 6 heteroatoms. The number of carbonyl (C=O) groups excluding carboxylic acids is 2. The van der Waals surface area contributed by atoms with Gasteiger partial charge in [0.2, 0.25) is 0 Å². The largest absolute Gasteiger partial charge is 0.508 e. The topological polar surface area (TPSA) is 65.1 Å². The van der Waals surface area contributed by atoms with Crippen molar-refractivity contribution < 1.29 is 23.8 Å². The van der Waals surface area contributed by atoms with E-state index in [0.717, 1.165) is 19.3 Å². The fourth-order valence-electron chi connectivity index (χ4n) is 3.20. The van der Waals surface area contributed by atoms with E-state index in [1.165, 1.54) is 51.4 Å². The smallest absolute Gasteiger partial charge is 0.463 e. The van der Waals surface area contributed by atoms with Gasteiger partial charge in [0.05, 0.1) is 6.10 Å². The number of hydrogen-bond acceptors (Lipinski definition) is 6. The van der Waals surface area contributed by atoms with Gasteiger partial charge in [-0.05, 0) is 47.2 Å². The molecular formula is C24H47NO5. The Bertz CT molecular complexity index is 426. The average Bonchev–Trinajstić information content (AvgIpc) is 2.66. The van der Waals surface area contributed by atoms with Gasteiger partial charge in [-0.1, -0.05) is 64.7 Å². The van der Waals surface area contributed by atoms with Gasteiger partial charge >= 0.3 is 12.1 Å². The monoisotopic (exact) mass is 429 g/mol. The molecule has 0 fully saturated rings. The highest BCUT2D eigenvalue weighted by molar-refractivity contribution is 5.69. The molecule has 30 heavy (non-hydrogen) atoms. The van der Waals surface area contributed by atoms with Crippen molar-refractivity contribution in [1.82, 2.24) is 4.90 Å². The van der Waals surface area contributed by atoms with Gasteiger partial charge in [0, 0.05) is 13.0 Å². The first-order chi connectivity index (χ1) is 14.3. The molecule has 0 aromatic carbocycles. The molecule has 0 spiro atoms. The summed E-state index contributed by atoms with van der Waals surface area (Å²) in [6.45, 7) is 6.86. The average molecular weight is 430 g/mol. The van der Waals surface area contributed by atoms with Crippen molar-refractivity contribution in [2.45, 2.75) is 116 Å². The van der Waals surface area contributed by atoms with E-state index >= 15 is 0 Å². The van der Waals surface area contributed by atoms with Crippen LogP contribution in [0.5, 0.6) is 0 Å².